The second kappa shape index (κ2) is 76.4. The Bertz CT molecular complexity index is 2460. The molecule has 712 valence electrons. The Kier molecular flexibility index (Phi) is 86.4. The third-order valence-electron chi connectivity index (χ3n) is 21.0. The van der Waals surface area contributed by atoms with Crippen LogP contribution in [0.4, 0.5) is 0 Å². The van der Waals surface area contributed by atoms with Gasteiger partial charge in [0.1, 0.15) is 19.8 Å². The molecule has 0 aliphatic carbocycles. The molecule has 0 aliphatic rings. The van der Waals surface area contributed by atoms with Crippen molar-refractivity contribution >= 4 is 77.1 Å². The van der Waals surface area contributed by atoms with Crippen LogP contribution in [-0.4, -0.2) is 168 Å². The van der Waals surface area contributed by atoms with Gasteiger partial charge in [0.2, 0.25) is 47.3 Å². The molecule has 6 atom stereocenters. The molecule has 0 bridgehead atoms. The highest BCUT2D eigenvalue weighted by atomic mass is 16.6. The minimum absolute atomic E-state index is 0.00509. The van der Waals surface area contributed by atoms with Crippen LogP contribution in [0.3, 0.4) is 0 Å². The van der Waals surface area contributed by atoms with E-state index < -0.39 is 22.8 Å². The average Bonchev–Trinajstić information content (AvgIpc) is 0.859. The molecular formula is C90H181N9O21. The van der Waals surface area contributed by atoms with Gasteiger partial charge in [-0.1, -0.05) is 166 Å². The van der Waals surface area contributed by atoms with Crippen LogP contribution in [0.5, 0.6) is 0 Å². The molecule has 120 heavy (non-hydrogen) atoms. The van der Waals surface area contributed by atoms with Crippen LogP contribution >= 0.6 is 0 Å². The molecule has 0 radical (unpaired) electrons. The van der Waals surface area contributed by atoms with Gasteiger partial charge in [-0.2, -0.15) is 5.26 Å². The third-order valence-corrected chi connectivity index (χ3v) is 21.0. The van der Waals surface area contributed by atoms with Gasteiger partial charge in [0.15, 0.2) is 0 Å². The van der Waals surface area contributed by atoms with Gasteiger partial charge in [0, 0.05) is 67.7 Å². The predicted octanol–water partition coefficient (Wildman–Crippen LogP) is 15.4. The SMILES string of the molecule is CCC(C)(C)C#N.CCC(C)(C)C(=O)O.CCC(C)(C)C(=O)O.CCC(C)(C)C(=O)OCCOC.CCC(C)(C)C(=O)OCCOC.CCC(C)(C)C(=O)OCCOC.CCC(C)(C)C(N)=O.CCC(C)(C)C(N)=O.CCC(C)C(=O)NCNC(=O)C(C)CC.CCC(C)C(=O)NCNC(=O)C(C)CC.CCC(C)C(=O)NCNC(=O)C(C)CC. The second-order valence-electron chi connectivity index (χ2n) is 34.4. The van der Waals surface area contributed by atoms with E-state index in [4.69, 9.17) is 55.4 Å². The molecule has 30 heteroatoms. The van der Waals surface area contributed by atoms with Crippen molar-refractivity contribution in [3.05, 3.63) is 0 Å². The molecule has 12 N–H and O–H groups in total. The lowest BCUT2D eigenvalue weighted by Gasteiger charge is -2.19. The number of nitrogens with zero attached hydrogens (tertiary/aromatic N) is 1. The van der Waals surface area contributed by atoms with Crippen molar-refractivity contribution in [2.24, 2.45) is 90.3 Å². The number of carbonyl (C=O) groups is 13. The van der Waals surface area contributed by atoms with Gasteiger partial charge >= 0.3 is 29.8 Å². The molecule has 0 spiro atoms. The first-order valence-electron chi connectivity index (χ1n) is 43.0. The Morgan fingerprint density at radius 1 is 0.292 bits per heavy atom. The smallest absolute Gasteiger partial charge is 0.311 e. The van der Waals surface area contributed by atoms with Crippen LogP contribution in [0.1, 0.15) is 339 Å². The highest BCUT2D eigenvalue weighted by Crippen LogP contribution is 2.25. The summed E-state index contributed by atoms with van der Waals surface area (Å²) < 4.78 is 29.2. The Morgan fingerprint density at radius 3 is 0.525 bits per heavy atom. The number of nitriles is 1. The van der Waals surface area contributed by atoms with Crippen molar-refractivity contribution < 1.29 is 101 Å². The van der Waals surface area contributed by atoms with Crippen LogP contribution in [0.15, 0.2) is 0 Å². The first-order valence-corrected chi connectivity index (χ1v) is 43.0. The van der Waals surface area contributed by atoms with E-state index in [2.05, 4.69) is 38.0 Å². The van der Waals surface area contributed by atoms with Gasteiger partial charge < -0.3 is 82.0 Å². The van der Waals surface area contributed by atoms with E-state index in [1.807, 2.05) is 222 Å². The first kappa shape index (κ1) is 136. The molecule has 0 aromatic carbocycles. The van der Waals surface area contributed by atoms with E-state index >= 15 is 0 Å². The Hall–Kier alpha value is -7.52. The average molecular weight is 1730 g/mol. The zero-order valence-corrected chi connectivity index (χ0v) is 83.0. The van der Waals surface area contributed by atoms with E-state index in [1.54, 1.807) is 49.0 Å². The highest BCUT2D eigenvalue weighted by molar-refractivity contribution is 5.83. The number of amides is 8. The number of primary amides is 2. The summed E-state index contributed by atoms with van der Waals surface area (Å²) in [5, 5.41) is 41.3. The minimum atomic E-state index is -0.722. The maximum absolute atomic E-state index is 11.3. The molecule has 0 saturated heterocycles. The molecule has 0 saturated carbocycles. The van der Waals surface area contributed by atoms with Crippen molar-refractivity contribution in [3.8, 4) is 6.07 Å². The maximum atomic E-state index is 11.3. The number of hydrogen-bond donors (Lipinski definition) is 10. The van der Waals surface area contributed by atoms with Crippen molar-refractivity contribution in [1.82, 2.24) is 31.9 Å². The molecule has 6 unspecified atom stereocenters. The van der Waals surface area contributed by atoms with E-state index in [1.165, 1.54) is 0 Å². The molecule has 0 aromatic rings. The molecule has 0 fully saturated rings. The number of carbonyl (C=O) groups excluding carboxylic acids is 11. The summed E-state index contributed by atoms with van der Waals surface area (Å²) in [7, 11) is 4.75. The highest BCUT2D eigenvalue weighted by Gasteiger charge is 2.30. The number of esters is 3. The van der Waals surface area contributed by atoms with Crippen LogP contribution < -0.4 is 43.4 Å². The number of aliphatic carboxylic acids is 2. The van der Waals surface area contributed by atoms with E-state index in [-0.39, 0.29) is 153 Å². The maximum Gasteiger partial charge on any atom is 0.311 e. The van der Waals surface area contributed by atoms with Crippen molar-refractivity contribution in [2.45, 2.75) is 339 Å². The summed E-state index contributed by atoms with van der Waals surface area (Å²) in [5.41, 5.74) is 7.15. The summed E-state index contributed by atoms with van der Waals surface area (Å²) in [6.45, 7) is 71.0. The number of nitrogens with one attached hydrogen (secondary N) is 6. The molecule has 0 rings (SSSR count). The monoisotopic (exact) mass is 1720 g/mol. The Morgan fingerprint density at radius 2 is 0.450 bits per heavy atom. The summed E-state index contributed by atoms with van der Waals surface area (Å²) >= 11 is 0. The molecule has 30 nitrogen and oxygen atoms in total. The zero-order valence-electron chi connectivity index (χ0n) is 83.0. The van der Waals surface area contributed by atoms with Gasteiger partial charge in [-0.25, -0.2) is 0 Å². The number of methoxy groups -OCH3 is 3. The molecule has 0 aromatic heterocycles. The number of carboxylic acids is 2. The fourth-order valence-electron chi connectivity index (χ4n) is 5.22. The molecule has 0 aliphatic heterocycles. The standard InChI is InChI=1S/3C11H22N2O2.3C9H18O3.2C6H13NO.C6H11N.2C6H12O2/c3*1-5-8(3)10(14)12-7-13-11(15)9(4)6-2;3*1-5-9(2,3)8(10)12-7-6-11-4;2*1-4-6(2,3)5(7)8;1-4-6(2,3)5-7;2*1-4-6(2,3)5(7)8/h3*8-9H,5-7H2,1-4H3,(H,12,14)(H,13,15);3*5-7H2,1-4H3;2*4H2,1-3H3,(H2,7,8);4H2,1-3H3;2*4H2,1-3H3,(H,7,8). The molecule has 8 amide bonds. The lowest BCUT2D eigenvalue weighted by Crippen LogP contribution is -2.41. The zero-order chi connectivity index (χ0) is 97.4. The van der Waals surface area contributed by atoms with Crippen molar-refractivity contribution in [2.75, 3.05) is 81.0 Å². The Labute approximate surface area is 728 Å². The van der Waals surface area contributed by atoms with E-state index in [0.717, 1.165) is 77.0 Å². The fraction of sp³-hybridized carbons (Fsp3) is 0.844. The third kappa shape index (κ3) is 77.8. The first-order chi connectivity index (χ1) is 54.8. The normalized spacial score (nSPS) is 12.3. The predicted molar refractivity (Wildman–Crippen MR) is 481 cm³/mol. The van der Waals surface area contributed by atoms with E-state index in [9.17, 15) is 62.3 Å². The van der Waals surface area contributed by atoms with Gasteiger partial charge in [0.05, 0.1) is 78.4 Å². The number of hydrogen-bond acceptors (Lipinski definition) is 20. The number of ether oxygens (including phenoxy) is 6. The number of rotatable bonds is 42. The number of nitrogens with two attached hydrogens (primary N) is 2. The lowest BCUT2D eigenvalue weighted by molar-refractivity contribution is -0.156. The van der Waals surface area contributed by atoms with E-state index in [0.29, 0.717) is 52.5 Å². The minimum Gasteiger partial charge on any atom is -0.481 e. The van der Waals surface area contributed by atoms with Gasteiger partial charge in [-0.3, -0.25) is 62.3 Å². The van der Waals surface area contributed by atoms with Gasteiger partial charge in [0.25, 0.3) is 0 Å². The molecule has 0 heterocycles. The topological polar surface area (TPSA) is 466 Å². The van der Waals surface area contributed by atoms with Gasteiger partial charge in [-0.05, 0) is 173 Å². The quantitative estimate of drug-likeness (QED) is 0.0117. The lowest BCUT2D eigenvalue weighted by atomic mass is 9.90. The van der Waals surface area contributed by atoms with Crippen LogP contribution in [0, 0.1) is 90.2 Å². The van der Waals surface area contributed by atoms with Crippen LogP contribution in [-0.2, 0) is 90.8 Å². The van der Waals surface area contributed by atoms with Crippen LogP contribution in [0.2, 0.25) is 0 Å². The summed E-state index contributed by atoms with van der Waals surface area (Å²) in [6, 6.07) is 2.19. The summed E-state index contributed by atoms with van der Waals surface area (Å²) in [6.07, 6.45) is 11.2. The fourth-order valence-corrected chi connectivity index (χ4v) is 5.22. The van der Waals surface area contributed by atoms with Crippen molar-refractivity contribution in [1.29, 1.82) is 5.26 Å². The van der Waals surface area contributed by atoms with Crippen LogP contribution in [0.25, 0.3) is 0 Å². The Balaban J connectivity index is -0.000000122. The largest absolute Gasteiger partial charge is 0.481 e. The van der Waals surface area contributed by atoms with Crippen molar-refractivity contribution in [3.63, 3.8) is 0 Å². The van der Waals surface area contributed by atoms with Gasteiger partial charge in [-0.15, -0.1) is 0 Å². The molecular weight excluding hydrogens is 1540 g/mol. The number of carboxylic acid groups (broad SMARTS) is 2. The summed E-state index contributed by atoms with van der Waals surface area (Å²) in [5.74, 6) is -2.38. The second-order valence-corrected chi connectivity index (χ2v) is 34.4. The summed E-state index contributed by atoms with van der Waals surface area (Å²) in [4.78, 5) is 143.